The van der Waals surface area contributed by atoms with E-state index in [1.165, 1.54) is 6.07 Å². The summed E-state index contributed by atoms with van der Waals surface area (Å²) in [4.78, 5) is 27.4. The predicted molar refractivity (Wildman–Crippen MR) is 130 cm³/mol. The number of hydrogen-bond acceptors (Lipinski definition) is 4. The molecule has 0 saturated carbocycles. The quantitative estimate of drug-likeness (QED) is 0.515. The predicted octanol–water partition coefficient (Wildman–Crippen LogP) is 4.14. The van der Waals surface area contributed by atoms with Gasteiger partial charge in [-0.2, -0.15) is 0 Å². The summed E-state index contributed by atoms with van der Waals surface area (Å²) in [5.74, 6) is -0.299. The van der Waals surface area contributed by atoms with E-state index in [1.54, 1.807) is 35.2 Å². The Kier molecular flexibility index (Phi) is 9.05. The Morgan fingerprint density at radius 3 is 2.47 bits per heavy atom. The largest absolute Gasteiger partial charge is 0.350 e. The molecule has 0 bridgehead atoms. The molecule has 10 heteroatoms. The second-order valence-electron chi connectivity index (χ2n) is 7.66. The van der Waals surface area contributed by atoms with E-state index in [-0.39, 0.29) is 17.9 Å². The Hall–Kier alpha value is -1.54. The lowest BCUT2D eigenvalue weighted by atomic mass is 10.1. The van der Waals surface area contributed by atoms with Gasteiger partial charge in [-0.1, -0.05) is 46.4 Å². The summed E-state index contributed by atoms with van der Waals surface area (Å²) in [7, 11) is 0. The van der Waals surface area contributed by atoms with Crippen molar-refractivity contribution in [2.24, 2.45) is 5.73 Å². The summed E-state index contributed by atoms with van der Waals surface area (Å²) in [5, 5.41) is 8.00. The number of carbonyl (C=O) groups is 2. The number of nitrogens with two attached hydrogens (primary N) is 1. The van der Waals surface area contributed by atoms with Gasteiger partial charge in [0, 0.05) is 41.3 Å². The minimum absolute atomic E-state index is 0.0372. The molecule has 0 aliphatic carbocycles. The molecule has 0 radical (unpaired) electrons. The normalized spacial score (nSPS) is 19.0. The van der Waals surface area contributed by atoms with Crippen LogP contribution in [-0.2, 0) is 11.3 Å². The summed E-state index contributed by atoms with van der Waals surface area (Å²) in [5.41, 5.74) is 7.02. The Morgan fingerprint density at radius 1 is 1.09 bits per heavy atom. The molecule has 1 fully saturated rings. The first kappa shape index (κ1) is 25.1. The van der Waals surface area contributed by atoms with Gasteiger partial charge in [-0.15, -0.1) is 0 Å². The molecule has 2 aromatic carbocycles. The van der Waals surface area contributed by atoms with Gasteiger partial charge >= 0.3 is 0 Å². The van der Waals surface area contributed by atoms with Gasteiger partial charge < -0.3 is 21.3 Å². The Labute approximate surface area is 207 Å². The second-order valence-corrected chi connectivity index (χ2v) is 9.35. The van der Waals surface area contributed by atoms with Crippen LogP contribution >= 0.6 is 46.4 Å². The third-order valence-corrected chi connectivity index (χ3v) is 6.41. The third-order valence-electron chi connectivity index (χ3n) is 5.24. The number of rotatable bonds is 7. The Bertz CT molecular complexity index is 968. The molecule has 1 saturated heterocycles. The maximum Gasteiger partial charge on any atom is 0.251 e. The topological polar surface area (TPSA) is 87.5 Å². The van der Waals surface area contributed by atoms with Gasteiger partial charge in [0.15, 0.2) is 0 Å². The van der Waals surface area contributed by atoms with Crippen LogP contribution in [0.1, 0.15) is 28.8 Å². The fraction of sp³-hybridized carbons (Fsp3) is 0.364. The molecule has 6 nitrogen and oxygen atoms in total. The molecule has 32 heavy (non-hydrogen) atoms. The van der Waals surface area contributed by atoms with E-state index in [4.69, 9.17) is 52.1 Å². The molecule has 1 aliphatic heterocycles. The zero-order valence-electron chi connectivity index (χ0n) is 17.2. The molecule has 2 aromatic rings. The summed E-state index contributed by atoms with van der Waals surface area (Å²) >= 11 is 24.1. The first-order chi connectivity index (χ1) is 15.3. The number of amides is 2. The monoisotopic (exact) mass is 516 g/mol. The van der Waals surface area contributed by atoms with Crippen molar-refractivity contribution < 1.29 is 9.59 Å². The standard InChI is InChI=1S/C22H24Cl4N4O2/c23-15-7-13(8-16(24)10-15)12-30-6-4-17(29-20(3-5-27)22(30)32)11-28-21(31)14-1-2-18(25)19(26)9-14/h1-2,7-10,17,20,29H,3-6,11-12,27H2,(H,28,31). The lowest BCUT2D eigenvalue weighted by molar-refractivity contribution is -0.133. The average Bonchev–Trinajstić information content (AvgIpc) is 2.87. The number of benzene rings is 2. The van der Waals surface area contributed by atoms with Gasteiger partial charge in [-0.3, -0.25) is 9.59 Å². The highest BCUT2D eigenvalue weighted by molar-refractivity contribution is 6.42. The summed E-state index contributed by atoms with van der Waals surface area (Å²) in [6, 6.07) is 9.43. The molecular formula is C22H24Cl4N4O2. The van der Waals surface area contributed by atoms with Crippen LogP contribution in [0.3, 0.4) is 0 Å². The molecule has 0 spiro atoms. The molecule has 2 atom stereocenters. The first-order valence-corrected chi connectivity index (χ1v) is 11.7. The Balaban J connectivity index is 1.66. The van der Waals surface area contributed by atoms with E-state index in [2.05, 4.69) is 10.6 Å². The third kappa shape index (κ3) is 6.73. The van der Waals surface area contributed by atoms with Crippen LogP contribution in [0.15, 0.2) is 36.4 Å². The van der Waals surface area contributed by atoms with Gasteiger partial charge in [0.05, 0.1) is 16.1 Å². The lowest BCUT2D eigenvalue weighted by Crippen LogP contribution is -2.49. The zero-order chi connectivity index (χ0) is 23.3. The molecule has 2 amide bonds. The van der Waals surface area contributed by atoms with Gasteiger partial charge in [-0.25, -0.2) is 0 Å². The van der Waals surface area contributed by atoms with E-state index in [0.717, 1.165) is 5.56 Å². The van der Waals surface area contributed by atoms with Gasteiger partial charge in [0.2, 0.25) is 5.91 Å². The van der Waals surface area contributed by atoms with Crippen LogP contribution in [0.5, 0.6) is 0 Å². The molecular weight excluding hydrogens is 494 g/mol. The summed E-state index contributed by atoms with van der Waals surface area (Å²) in [6.07, 6.45) is 1.14. The van der Waals surface area contributed by atoms with E-state index in [9.17, 15) is 9.59 Å². The molecule has 4 N–H and O–H groups in total. The van der Waals surface area contributed by atoms with Crippen molar-refractivity contribution >= 4 is 58.2 Å². The fourth-order valence-corrected chi connectivity index (χ4v) is 4.52. The van der Waals surface area contributed by atoms with Crippen LogP contribution in [0, 0.1) is 0 Å². The van der Waals surface area contributed by atoms with Crippen molar-refractivity contribution in [1.82, 2.24) is 15.5 Å². The van der Waals surface area contributed by atoms with Crippen LogP contribution in [0.2, 0.25) is 20.1 Å². The number of nitrogens with zero attached hydrogens (tertiary/aromatic N) is 1. The van der Waals surface area contributed by atoms with Crippen molar-refractivity contribution in [1.29, 1.82) is 0 Å². The molecule has 1 aliphatic rings. The van der Waals surface area contributed by atoms with Gasteiger partial charge in [-0.05, 0) is 61.3 Å². The number of hydrogen-bond donors (Lipinski definition) is 3. The van der Waals surface area contributed by atoms with Crippen LogP contribution in [0.25, 0.3) is 0 Å². The van der Waals surface area contributed by atoms with Crippen molar-refractivity contribution in [3.63, 3.8) is 0 Å². The van der Waals surface area contributed by atoms with Crippen LogP contribution in [0.4, 0.5) is 0 Å². The highest BCUT2D eigenvalue weighted by Gasteiger charge is 2.30. The van der Waals surface area contributed by atoms with Crippen molar-refractivity contribution in [2.75, 3.05) is 19.6 Å². The zero-order valence-corrected chi connectivity index (χ0v) is 20.2. The number of halogens is 4. The van der Waals surface area contributed by atoms with E-state index >= 15 is 0 Å². The smallest absolute Gasteiger partial charge is 0.251 e. The van der Waals surface area contributed by atoms with E-state index in [1.807, 2.05) is 0 Å². The van der Waals surface area contributed by atoms with Crippen molar-refractivity contribution in [2.45, 2.75) is 31.5 Å². The molecule has 2 unspecified atom stereocenters. The minimum Gasteiger partial charge on any atom is -0.350 e. The van der Waals surface area contributed by atoms with Gasteiger partial charge in [0.1, 0.15) is 0 Å². The van der Waals surface area contributed by atoms with E-state index in [0.29, 0.717) is 64.7 Å². The highest BCUT2D eigenvalue weighted by atomic mass is 35.5. The minimum atomic E-state index is -0.441. The SMILES string of the molecule is NCCC1NC(CNC(=O)c2ccc(Cl)c(Cl)c2)CCN(Cc2cc(Cl)cc(Cl)c2)C1=O. The fourth-order valence-electron chi connectivity index (χ4n) is 3.65. The first-order valence-electron chi connectivity index (χ1n) is 10.2. The van der Waals surface area contributed by atoms with Crippen LogP contribution in [-0.4, -0.2) is 48.4 Å². The Morgan fingerprint density at radius 2 is 1.81 bits per heavy atom. The molecule has 172 valence electrons. The highest BCUT2D eigenvalue weighted by Crippen LogP contribution is 2.23. The van der Waals surface area contributed by atoms with E-state index < -0.39 is 6.04 Å². The maximum atomic E-state index is 13.1. The second kappa shape index (κ2) is 11.5. The summed E-state index contributed by atoms with van der Waals surface area (Å²) < 4.78 is 0. The maximum absolute atomic E-state index is 13.1. The van der Waals surface area contributed by atoms with Crippen molar-refractivity contribution in [3.05, 3.63) is 67.6 Å². The van der Waals surface area contributed by atoms with Crippen molar-refractivity contribution in [3.8, 4) is 0 Å². The molecule has 0 aromatic heterocycles. The van der Waals surface area contributed by atoms with Gasteiger partial charge in [0.25, 0.3) is 5.91 Å². The number of carbonyl (C=O) groups excluding carboxylic acids is 2. The molecule has 1 heterocycles. The lowest BCUT2D eigenvalue weighted by Gasteiger charge is -2.24. The average molecular weight is 518 g/mol. The number of nitrogens with one attached hydrogen (secondary N) is 2. The van der Waals surface area contributed by atoms with Crippen LogP contribution < -0.4 is 16.4 Å². The summed E-state index contributed by atoms with van der Waals surface area (Å²) in [6.45, 7) is 1.63. The molecule has 3 rings (SSSR count).